The van der Waals surface area contributed by atoms with Gasteiger partial charge in [-0.3, -0.25) is 14.3 Å². The Hall–Kier alpha value is -3.69. The van der Waals surface area contributed by atoms with Gasteiger partial charge in [-0.2, -0.15) is 13.2 Å². The van der Waals surface area contributed by atoms with Gasteiger partial charge < -0.3 is 5.32 Å². The lowest BCUT2D eigenvalue weighted by Gasteiger charge is -2.38. The monoisotopic (exact) mass is 448 g/mol. The summed E-state index contributed by atoms with van der Waals surface area (Å²) >= 11 is 0. The zero-order chi connectivity index (χ0) is 23.3. The van der Waals surface area contributed by atoms with E-state index in [1.807, 2.05) is 0 Å². The van der Waals surface area contributed by atoms with E-state index in [-0.39, 0.29) is 5.82 Å². The van der Waals surface area contributed by atoms with Gasteiger partial charge in [0.05, 0.1) is 0 Å². The van der Waals surface area contributed by atoms with E-state index < -0.39 is 29.3 Å². The van der Waals surface area contributed by atoms with Gasteiger partial charge in [0, 0.05) is 23.7 Å². The van der Waals surface area contributed by atoms with Crippen LogP contribution in [0.4, 0.5) is 33.5 Å². The Labute approximate surface area is 179 Å². The van der Waals surface area contributed by atoms with Crippen LogP contribution in [0.3, 0.4) is 0 Å². The molecule has 1 aliphatic rings. The molecule has 0 spiro atoms. The standard InChI is InChI=1S/C22H17F5N4O/c1-21(2)19-29-17(13-6-8-14(23)9-7-13)18(28-16-5-3-4-15(24)12-16)30(19)10-11-31(21)20(32)22(25,26)27/h3-12,28H,1-2H3. The van der Waals surface area contributed by atoms with Crippen molar-refractivity contribution in [2.45, 2.75) is 25.6 Å². The predicted octanol–water partition coefficient (Wildman–Crippen LogP) is 5.64. The van der Waals surface area contributed by atoms with Crippen LogP contribution in [-0.2, 0) is 10.3 Å². The van der Waals surface area contributed by atoms with E-state index in [1.165, 1.54) is 67.1 Å². The average Bonchev–Trinajstić information content (AvgIpc) is 3.07. The topological polar surface area (TPSA) is 50.2 Å². The zero-order valence-corrected chi connectivity index (χ0v) is 16.9. The van der Waals surface area contributed by atoms with E-state index in [4.69, 9.17) is 0 Å². The molecular formula is C22H17F5N4O. The lowest BCUT2D eigenvalue weighted by atomic mass is 10.0. The molecule has 4 rings (SSSR count). The Balaban J connectivity index is 1.88. The van der Waals surface area contributed by atoms with Crippen LogP contribution in [0.1, 0.15) is 19.7 Å². The summed E-state index contributed by atoms with van der Waals surface area (Å²) in [6.07, 6.45) is -2.78. The molecule has 1 amide bonds. The number of hydrogen-bond donors (Lipinski definition) is 1. The average molecular weight is 448 g/mol. The number of nitrogens with one attached hydrogen (secondary N) is 1. The predicted molar refractivity (Wildman–Crippen MR) is 109 cm³/mol. The fourth-order valence-electron chi connectivity index (χ4n) is 3.53. The van der Waals surface area contributed by atoms with Gasteiger partial charge in [0.1, 0.15) is 34.5 Å². The van der Waals surface area contributed by atoms with E-state index >= 15 is 0 Å². The maximum absolute atomic E-state index is 13.7. The maximum Gasteiger partial charge on any atom is 0.471 e. The smallest absolute Gasteiger partial charge is 0.339 e. The SMILES string of the molecule is CC1(C)c2nc(-c3ccc(F)cc3)c(Nc3cccc(F)c3)n2C=CN1C(=O)C(F)(F)F. The minimum absolute atomic E-state index is 0.135. The molecule has 1 aromatic heterocycles. The zero-order valence-electron chi connectivity index (χ0n) is 16.9. The quantitative estimate of drug-likeness (QED) is 0.528. The molecule has 0 aliphatic carbocycles. The molecule has 1 aliphatic heterocycles. The van der Waals surface area contributed by atoms with Crippen LogP contribution in [0.15, 0.2) is 54.7 Å². The summed E-state index contributed by atoms with van der Waals surface area (Å²) in [7, 11) is 0. The molecule has 0 fully saturated rings. The number of halogens is 5. The third-order valence-corrected chi connectivity index (χ3v) is 5.09. The molecule has 5 nitrogen and oxygen atoms in total. The first-order chi connectivity index (χ1) is 15.0. The minimum atomic E-state index is -5.07. The Morgan fingerprint density at radius 3 is 2.31 bits per heavy atom. The number of hydrogen-bond acceptors (Lipinski definition) is 3. The second-order valence-corrected chi connectivity index (χ2v) is 7.67. The number of carbonyl (C=O) groups excluding carboxylic acids is 1. The van der Waals surface area contributed by atoms with Gasteiger partial charge in [0.2, 0.25) is 0 Å². The second-order valence-electron chi connectivity index (χ2n) is 7.67. The summed E-state index contributed by atoms with van der Waals surface area (Å²) in [6, 6.07) is 11.0. The van der Waals surface area contributed by atoms with Crippen molar-refractivity contribution in [1.29, 1.82) is 0 Å². The van der Waals surface area contributed by atoms with E-state index in [2.05, 4.69) is 10.3 Å². The highest BCUT2D eigenvalue weighted by atomic mass is 19.4. The van der Waals surface area contributed by atoms with Crippen LogP contribution < -0.4 is 5.32 Å². The number of carbonyl (C=O) groups is 1. The number of alkyl halides is 3. The third kappa shape index (κ3) is 3.72. The largest absolute Gasteiger partial charge is 0.471 e. The third-order valence-electron chi connectivity index (χ3n) is 5.09. The molecule has 0 radical (unpaired) electrons. The van der Waals surface area contributed by atoms with Crippen molar-refractivity contribution < 1.29 is 26.7 Å². The molecule has 166 valence electrons. The van der Waals surface area contributed by atoms with E-state index in [1.54, 1.807) is 6.07 Å². The van der Waals surface area contributed by atoms with Gasteiger partial charge in [-0.15, -0.1) is 0 Å². The summed E-state index contributed by atoms with van der Waals surface area (Å²) in [5, 5.41) is 3.04. The highest BCUT2D eigenvalue weighted by molar-refractivity contribution is 5.85. The number of rotatable bonds is 3. The van der Waals surface area contributed by atoms with Gasteiger partial charge >= 0.3 is 12.1 Å². The van der Waals surface area contributed by atoms with E-state index in [0.29, 0.717) is 27.7 Å². The number of fused-ring (bicyclic) bond motifs is 1. The molecule has 0 unspecified atom stereocenters. The van der Waals surface area contributed by atoms with Crippen molar-refractivity contribution in [1.82, 2.24) is 14.5 Å². The summed E-state index contributed by atoms with van der Waals surface area (Å²) in [6.45, 7) is 2.86. The maximum atomic E-state index is 13.7. The molecule has 0 bridgehead atoms. The molecule has 0 atom stereocenters. The first kappa shape index (κ1) is 21.5. The van der Waals surface area contributed by atoms with E-state index in [0.717, 1.165) is 6.20 Å². The van der Waals surface area contributed by atoms with Crippen LogP contribution >= 0.6 is 0 Å². The molecular weight excluding hydrogens is 431 g/mol. The Kier molecular flexibility index (Phi) is 5.03. The second kappa shape index (κ2) is 7.47. The minimum Gasteiger partial charge on any atom is -0.339 e. The van der Waals surface area contributed by atoms with Crippen molar-refractivity contribution in [3.05, 3.63) is 72.2 Å². The van der Waals surface area contributed by atoms with Crippen LogP contribution in [-0.4, -0.2) is 26.5 Å². The molecule has 0 saturated carbocycles. The fraction of sp³-hybridized carbons (Fsp3) is 0.182. The number of anilines is 2. The Morgan fingerprint density at radius 1 is 1.00 bits per heavy atom. The summed E-state index contributed by atoms with van der Waals surface area (Å²) < 4.78 is 68.0. The first-order valence-electron chi connectivity index (χ1n) is 9.48. The number of benzene rings is 2. The highest BCUT2D eigenvalue weighted by Gasteiger charge is 2.49. The molecule has 3 aromatic rings. The van der Waals surface area contributed by atoms with E-state index in [9.17, 15) is 26.7 Å². The summed E-state index contributed by atoms with van der Waals surface area (Å²) in [5.41, 5.74) is -0.331. The highest BCUT2D eigenvalue weighted by Crippen LogP contribution is 2.41. The Morgan fingerprint density at radius 2 is 1.69 bits per heavy atom. The van der Waals surface area contributed by atoms with Crippen LogP contribution in [0.25, 0.3) is 17.5 Å². The van der Waals surface area contributed by atoms with Gasteiger partial charge in [0.25, 0.3) is 0 Å². The van der Waals surface area contributed by atoms with Gasteiger partial charge in [-0.25, -0.2) is 13.8 Å². The lowest BCUT2D eigenvalue weighted by molar-refractivity contribution is -0.187. The first-order valence-corrected chi connectivity index (χ1v) is 9.48. The lowest BCUT2D eigenvalue weighted by Crippen LogP contribution is -2.50. The number of nitrogens with zero attached hydrogens (tertiary/aromatic N) is 3. The van der Waals surface area contributed by atoms with Crippen molar-refractivity contribution in [3.8, 4) is 11.3 Å². The van der Waals surface area contributed by atoms with Gasteiger partial charge in [0.15, 0.2) is 0 Å². The summed E-state index contributed by atoms with van der Waals surface area (Å²) in [4.78, 5) is 17.1. The Bertz CT molecular complexity index is 1210. The van der Waals surface area contributed by atoms with Crippen LogP contribution in [0.2, 0.25) is 0 Å². The van der Waals surface area contributed by atoms with Gasteiger partial charge in [-0.1, -0.05) is 6.07 Å². The molecule has 1 N–H and O–H groups in total. The molecule has 2 heterocycles. The molecule has 2 aromatic carbocycles. The summed E-state index contributed by atoms with van der Waals surface area (Å²) in [5.74, 6) is -2.54. The number of imidazole rings is 1. The van der Waals surface area contributed by atoms with Crippen molar-refractivity contribution in [2.75, 3.05) is 5.32 Å². The van der Waals surface area contributed by atoms with Crippen LogP contribution in [0, 0.1) is 11.6 Å². The van der Waals surface area contributed by atoms with Crippen molar-refractivity contribution in [3.63, 3.8) is 0 Å². The van der Waals surface area contributed by atoms with Crippen molar-refractivity contribution in [2.24, 2.45) is 0 Å². The number of amides is 1. The molecule has 0 saturated heterocycles. The van der Waals surface area contributed by atoms with Crippen molar-refractivity contribution >= 4 is 23.6 Å². The normalized spacial score (nSPS) is 14.9. The van der Waals surface area contributed by atoms with Gasteiger partial charge in [-0.05, 0) is 56.3 Å². The fourth-order valence-corrected chi connectivity index (χ4v) is 3.53. The molecule has 10 heteroatoms. The molecule has 32 heavy (non-hydrogen) atoms. The number of aromatic nitrogens is 2. The van der Waals surface area contributed by atoms with Crippen LogP contribution in [0.5, 0.6) is 0 Å².